The van der Waals surface area contributed by atoms with E-state index in [1.165, 1.54) is 0 Å². The molecule has 2 rings (SSSR count). The molecular formula is C21H32N2O2. The van der Waals surface area contributed by atoms with Gasteiger partial charge in [0.1, 0.15) is 0 Å². The summed E-state index contributed by atoms with van der Waals surface area (Å²) in [6, 6.07) is 8.13. The third kappa shape index (κ3) is 4.91. The Morgan fingerprint density at radius 3 is 2.24 bits per heavy atom. The Kier molecular flexibility index (Phi) is 6.77. The molecule has 0 bridgehead atoms. The van der Waals surface area contributed by atoms with E-state index in [4.69, 9.17) is 0 Å². The van der Waals surface area contributed by atoms with Crippen LogP contribution in [0.4, 0.5) is 0 Å². The molecular weight excluding hydrogens is 312 g/mol. The Labute approximate surface area is 152 Å². The van der Waals surface area contributed by atoms with Gasteiger partial charge in [-0.25, -0.2) is 0 Å². The minimum absolute atomic E-state index is 0.00773. The molecule has 0 spiro atoms. The lowest BCUT2D eigenvalue weighted by molar-refractivity contribution is -0.132. The van der Waals surface area contributed by atoms with Crippen LogP contribution in [0.5, 0.6) is 0 Å². The van der Waals surface area contributed by atoms with E-state index in [2.05, 4.69) is 19.0 Å². The van der Waals surface area contributed by atoms with Gasteiger partial charge in [0, 0.05) is 30.6 Å². The molecule has 2 atom stereocenters. The largest absolute Gasteiger partial charge is 0.342 e. The number of rotatable bonds is 5. The van der Waals surface area contributed by atoms with Crippen molar-refractivity contribution in [1.29, 1.82) is 0 Å². The molecule has 4 heteroatoms. The number of carbonyl (C=O) groups excluding carboxylic acids is 2. The molecule has 25 heavy (non-hydrogen) atoms. The molecule has 0 N–H and O–H groups in total. The molecule has 0 aliphatic carbocycles. The molecule has 1 fully saturated rings. The van der Waals surface area contributed by atoms with E-state index < -0.39 is 0 Å². The predicted octanol–water partition coefficient (Wildman–Crippen LogP) is 3.57. The molecule has 4 nitrogen and oxygen atoms in total. The maximum Gasteiger partial charge on any atom is 0.229 e. The van der Waals surface area contributed by atoms with E-state index in [1.807, 2.05) is 49.9 Å². The SMILES string of the molecule is CC(C)C(=O)c1ccc(C(C)C(=O)N2CCCC(N(C)C)CC2)cc1. The third-order valence-corrected chi connectivity index (χ3v) is 5.33. The van der Waals surface area contributed by atoms with Crippen molar-refractivity contribution in [2.24, 2.45) is 5.92 Å². The number of ketones is 1. The van der Waals surface area contributed by atoms with Crippen molar-refractivity contribution >= 4 is 11.7 Å². The summed E-state index contributed by atoms with van der Waals surface area (Å²) in [6.45, 7) is 7.45. The number of amides is 1. The average molecular weight is 344 g/mol. The zero-order valence-corrected chi connectivity index (χ0v) is 16.3. The number of carbonyl (C=O) groups is 2. The molecule has 0 aromatic heterocycles. The van der Waals surface area contributed by atoms with Crippen LogP contribution in [0.1, 0.15) is 61.9 Å². The molecule has 1 amide bonds. The number of likely N-dealkylation sites (tertiary alicyclic amines) is 1. The van der Waals surface area contributed by atoms with E-state index in [-0.39, 0.29) is 23.5 Å². The molecule has 1 aromatic carbocycles. The lowest BCUT2D eigenvalue weighted by Crippen LogP contribution is -2.36. The zero-order chi connectivity index (χ0) is 18.6. The van der Waals surface area contributed by atoms with Crippen LogP contribution in [0.3, 0.4) is 0 Å². The molecule has 1 aliphatic rings. The fourth-order valence-corrected chi connectivity index (χ4v) is 3.50. The lowest BCUT2D eigenvalue weighted by atomic mass is 9.95. The first-order valence-corrected chi connectivity index (χ1v) is 9.40. The summed E-state index contributed by atoms with van der Waals surface area (Å²) in [7, 11) is 4.23. The summed E-state index contributed by atoms with van der Waals surface area (Å²) in [5.74, 6) is 0.167. The summed E-state index contributed by atoms with van der Waals surface area (Å²) in [4.78, 5) is 29.2. The van der Waals surface area contributed by atoms with Crippen molar-refractivity contribution in [3.8, 4) is 0 Å². The van der Waals surface area contributed by atoms with Gasteiger partial charge in [-0.05, 0) is 45.8 Å². The van der Waals surface area contributed by atoms with Crippen LogP contribution in [0.15, 0.2) is 24.3 Å². The molecule has 0 saturated carbocycles. The van der Waals surface area contributed by atoms with Crippen LogP contribution >= 0.6 is 0 Å². The van der Waals surface area contributed by atoms with Crippen molar-refractivity contribution in [2.75, 3.05) is 27.2 Å². The number of hydrogen-bond acceptors (Lipinski definition) is 3. The first-order chi connectivity index (χ1) is 11.8. The van der Waals surface area contributed by atoms with Crippen LogP contribution in [-0.2, 0) is 4.79 Å². The minimum Gasteiger partial charge on any atom is -0.342 e. The van der Waals surface area contributed by atoms with E-state index in [0.717, 1.165) is 43.5 Å². The van der Waals surface area contributed by atoms with E-state index in [9.17, 15) is 9.59 Å². The van der Waals surface area contributed by atoms with Gasteiger partial charge in [0.2, 0.25) is 5.91 Å². The van der Waals surface area contributed by atoms with Gasteiger partial charge in [0.15, 0.2) is 5.78 Å². The highest BCUT2D eigenvalue weighted by atomic mass is 16.2. The van der Waals surface area contributed by atoms with Crippen LogP contribution in [0.2, 0.25) is 0 Å². The molecule has 1 saturated heterocycles. The average Bonchev–Trinajstić information content (AvgIpc) is 2.86. The Balaban J connectivity index is 2.03. The predicted molar refractivity (Wildman–Crippen MR) is 102 cm³/mol. The van der Waals surface area contributed by atoms with Crippen molar-refractivity contribution in [3.63, 3.8) is 0 Å². The number of nitrogens with zero attached hydrogens (tertiary/aromatic N) is 2. The highest BCUT2D eigenvalue weighted by molar-refractivity contribution is 5.97. The highest BCUT2D eigenvalue weighted by Gasteiger charge is 2.26. The Morgan fingerprint density at radius 1 is 1.04 bits per heavy atom. The van der Waals surface area contributed by atoms with E-state index in [1.54, 1.807) is 0 Å². The molecule has 138 valence electrons. The van der Waals surface area contributed by atoms with E-state index in [0.29, 0.717) is 6.04 Å². The quantitative estimate of drug-likeness (QED) is 0.767. The summed E-state index contributed by atoms with van der Waals surface area (Å²) < 4.78 is 0. The Bertz CT molecular complexity index is 592. The maximum absolute atomic E-state index is 12.9. The van der Waals surface area contributed by atoms with Gasteiger partial charge in [-0.2, -0.15) is 0 Å². The van der Waals surface area contributed by atoms with Crippen LogP contribution in [-0.4, -0.2) is 54.7 Å². The first-order valence-electron chi connectivity index (χ1n) is 9.40. The standard InChI is InChI=1S/C21H32N2O2/c1-15(2)20(24)18-10-8-17(9-11-18)16(3)21(25)23-13-6-7-19(12-14-23)22(4)5/h8-11,15-16,19H,6-7,12-14H2,1-5H3. The number of hydrogen-bond donors (Lipinski definition) is 0. The molecule has 1 aliphatic heterocycles. The van der Waals surface area contributed by atoms with Gasteiger partial charge in [0.05, 0.1) is 5.92 Å². The Hall–Kier alpha value is -1.68. The van der Waals surface area contributed by atoms with Gasteiger partial charge in [-0.1, -0.05) is 38.1 Å². The van der Waals surface area contributed by atoms with Crippen molar-refractivity contribution < 1.29 is 9.59 Å². The highest BCUT2D eigenvalue weighted by Crippen LogP contribution is 2.22. The zero-order valence-electron chi connectivity index (χ0n) is 16.3. The van der Waals surface area contributed by atoms with Crippen LogP contribution < -0.4 is 0 Å². The van der Waals surface area contributed by atoms with Gasteiger partial charge in [-0.15, -0.1) is 0 Å². The molecule has 1 heterocycles. The molecule has 2 unspecified atom stereocenters. The summed E-state index contributed by atoms with van der Waals surface area (Å²) in [6.07, 6.45) is 3.24. The number of benzene rings is 1. The second-order valence-corrected chi connectivity index (χ2v) is 7.74. The van der Waals surface area contributed by atoms with Crippen molar-refractivity contribution in [1.82, 2.24) is 9.80 Å². The monoisotopic (exact) mass is 344 g/mol. The normalized spacial score (nSPS) is 19.8. The van der Waals surface area contributed by atoms with Gasteiger partial charge in [0.25, 0.3) is 0 Å². The van der Waals surface area contributed by atoms with Gasteiger partial charge < -0.3 is 9.80 Å². The second kappa shape index (κ2) is 8.61. The summed E-state index contributed by atoms with van der Waals surface area (Å²) in [5.41, 5.74) is 1.71. The molecule has 1 aromatic rings. The van der Waals surface area contributed by atoms with Crippen molar-refractivity contribution in [2.45, 2.75) is 52.0 Å². The van der Waals surface area contributed by atoms with Crippen LogP contribution in [0, 0.1) is 5.92 Å². The third-order valence-electron chi connectivity index (χ3n) is 5.33. The topological polar surface area (TPSA) is 40.6 Å². The van der Waals surface area contributed by atoms with E-state index >= 15 is 0 Å². The summed E-state index contributed by atoms with van der Waals surface area (Å²) in [5, 5.41) is 0. The van der Waals surface area contributed by atoms with Crippen LogP contribution in [0.25, 0.3) is 0 Å². The smallest absolute Gasteiger partial charge is 0.229 e. The fraction of sp³-hybridized carbons (Fsp3) is 0.619. The van der Waals surface area contributed by atoms with Gasteiger partial charge in [-0.3, -0.25) is 9.59 Å². The Morgan fingerprint density at radius 2 is 1.68 bits per heavy atom. The fourth-order valence-electron chi connectivity index (χ4n) is 3.50. The van der Waals surface area contributed by atoms with Gasteiger partial charge >= 0.3 is 0 Å². The lowest BCUT2D eigenvalue weighted by Gasteiger charge is -2.25. The number of Topliss-reactive ketones (excluding diaryl/α,β-unsaturated/α-hetero) is 1. The second-order valence-electron chi connectivity index (χ2n) is 7.74. The summed E-state index contributed by atoms with van der Waals surface area (Å²) >= 11 is 0. The van der Waals surface area contributed by atoms with Crippen molar-refractivity contribution in [3.05, 3.63) is 35.4 Å². The maximum atomic E-state index is 12.9. The molecule has 0 radical (unpaired) electrons. The first kappa shape index (κ1) is 19.6. The minimum atomic E-state index is -0.167.